The van der Waals surface area contributed by atoms with Crippen molar-refractivity contribution < 1.29 is 13.5 Å². The summed E-state index contributed by atoms with van der Waals surface area (Å²) >= 11 is 0. The quantitative estimate of drug-likeness (QED) is 0.823. The Kier molecular flexibility index (Phi) is 5.71. The molecule has 0 aliphatic carbocycles. The van der Waals surface area contributed by atoms with Crippen LogP contribution in [-0.2, 0) is 22.2 Å². The highest BCUT2D eigenvalue weighted by molar-refractivity contribution is 7.88. The molecule has 22 heavy (non-hydrogen) atoms. The van der Waals surface area contributed by atoms with Crippen LogP contribution in [0.1, 0.15) is 29.7 Å². The Labute approximate surface area is 131 Å². The van der Waals surface area contributed by atoms with Gasteiger partial charge in [0.15, 0.2) is 0 Å². The molecule has 0 amide bonds. The first-order valence-electron chi connectivity index (χ1n) is 7.27. The first kappa shape index (κ1) is 16.7. The van der Waals surface area contributed by atoms with Crippen LogP contribution in [0.2, 0.25) is 0 Å². The number of aliphatic hydroxyl groups excluding tert-OH is 1. The molecule has 5 heteroatoms. The van der Waals surface area contributed by atoms with Gasteiger partial charge in [-0.1, -0.05) is 61.5 Å². The Morgan fingerprint density at radius 1 is 1.00 bits per heavy atom. The van der Waals surface area contributed by atoms with E-state index in [2.05, 4.69) is 11.6 Å². The first-order valence-corrected chi connectivity index (χ1v) is 8.93. The Balaban J connectivity index is 2.11. The molecule has 0 aromatic heterocycles. The highest BCUT2D eigenvalue weighted by Crippen LogP contribution is 2.16. The second-order valence-electron chi connectivity index (χ2n) is 5.19. The summed E-state index contributed by atoms with van der Waals surface area (Å²) in [4.78, 5) is 0. The Hall–Kier alpha value is -1.69. The third-order valence-corrected chi connectivity index (χ3v) is 4.85. The van der Waals surface area contributed by atoms with Gasteiger partial charge in [-0.25, -0.2) is 13.1 Å². The van der Waals surface area contributed by atoms with Gasteiger partial charge in [0.25, 0.3) is 0 Å². The maximum absolute atomic E-state index is 12.2. The summed E-state index contributed by atoms with van der Waals surface area (Å²) in [6.45, 7) is 1.78. The van der Waals surface area contributed by atoms with Crippen molar-refractivity contribution in [2.75, 3.05) is 6.61 Å². The van der Waals surface area contributed by atoms with Crippen LogP contribution in [0, 0.1) is 0 Å². The zero-order valence-corrected chi connectivity index (χ0v) is 13.4. The lowest BCUT2D eigenvalue weighted by Gasteiger charge is -2.17. The topological polar surface area (TPSA) is 66.4 Å². The minimum Gasteiger partial charge on any atom is -0.394 e. The minimum absolute atomic E-state index is 0.0998. The van der Waals surface area contributed by atoms with Crippen molar-refractivity contribution in [3.63, 3.8) is 0 Å². The van der Waals surface area contributed by atoms with E-state index in [0.717, 1.165) is 12.0 Å². The molecule has 4 nitrogen and oxygen atoms in total. The maximum atomic E-state index is 12.2. The van der Waals surface area contributed by atoms with Gasteiger partial charge >= 0.3 is 0 Å². The van der Waals surface area contributed by atoms with E-state index in [4.69, 9.17) is 0 Å². The largest absolute Gasteiger partial charge is 0.394 e. The number of aliphatic hydroxyl groups is 1. The number of hydrogen-bond acceptors (Lipinski definition) is 3. The number of nitrogens with one attached hydrogen (secondary N) is 1. The van der Waals surface area contributed by atoms with E-state index in [1.807, 2.05) is 30.3 Å². The predicted molar refractivity (Wildman–Crippen MR) is 87.8 cm³/mol. The van der Waals surface area contributed by atoms with Crippen LogP contribution in [-0.4, -0.2) is 20.1 Å². The molecular weight excluding hydrogens is 298 g/mol. The molecule has 118 valence electrons. The van der Waals surface area contributed by atoms with Crippen LogP contribution in [0.25, 0.3) is 0 Å². The normalized spacial score (nSPS) is 13.0. The summed E-state index contributed by atoms with van der Waals surface area (Å²) in [5.74, 6) is -0.0998. The van der Waals surface area contributed by atoms with Crippen LogP contribution in [0.4, 0.5) is 0 Å². The maximum Gasteiger partial charge on any atom is 0.216 e. The molecule has 0 heterocycles. The first-order chi connectivity index (χ1) is 10.5. The van der Waals surface area contributed by atoms with E-state index < -0.39 is 16.1 Å². The molecule has 1 unspecified atom stereocenters. The number of aryl methyl sites for hydroxylation is 1. The van der Waals surface area contributed by atoms with Crippen molar-refractivity contribution in [2.45, 2.75) is 25.1 Å². The fourth-order valence-corrected chi connectivity index (χ4v) is 3.61. The van der Waals surface area contributed by atoms with Gasteiger partial charge in [0, 0.05) is 0 Å². The standard InChI is InChI=1S/C17H21NO3S/c1-2-14-8-10-16(11-9-14)17(12-19)18-22(20,21)13-15-6-4-3-5-7-15/h3-11,17-19H,2,12-13H2,1H3. The van der Waals surface area contributed by atoms with Gasteiger partial charge in [-0.05, 0) is 23.1 Å². The number of sulfonamides is 1. The fourth-order valence-electron chi connectivity index (χ4n) is 2.25. The lowest BCUT2D eigenvalue weighted by Crippen LogP contribution is -2.31. The molecule has 0 saturated heterocycles. The highest BCUT2D eigenvalue weighted by atomic mass is 32.2. The van der Waals surface area contributed by atoms with Crippen LogP contribution in [0.5, 0.6) is 0 Å². The van der Waals surface area contributed by atoms with Crippen LogP contribution < -0.4 is 4.72 Å². The number of hydrogen-bond donors (Lipinski definition) is 2. The van der Waals surface area contributed by atoms with Crippen LogP contribution in [0.15, 0.2) is 54.6 Å². The van der Waals surface area contributed by atoms with Gasteiger partial charge in [-0.3, -0.25) is 0 Å². The fraction of sp³-hybridized carbons (Fsp3) is 0.294. The number of benzene rings is 2. The summed E-state index contributed by atoms with van der Waals surface area (Å²) in [5.41, 5.74) is 2.65. The molecule has 0 bridgehead atoms. The lowest BCUT2D eigenvalue weighted by molar-refractivity contribution is 0.259. The van der Waals surface area contributed by atoms with Gasteiger partial charge in [0.05, 0.1) is 18.4 Å². The molecule has 0 spiro atoms. The molecule has 0 aliphatic rings. The summed E-state index contributed by atoms with van der Waals surface area (Å²) in [7, 11) is -3.52. The van der Waals surface area contributed by atoms with Crippen LogP contribution >= 0.6 is 0 Å². The molecular formula is C17H21NO3S. The average molecular weight is 319 g/mol. The molecule has 0 fully saturated rings. The Morgan fingerprint density at radius 3 is 2.18 bits per heavy atom. The monoisotopic (exact) mass is 319 g/mol. The van der Waals surface area contributed by atoms with Crippen molar-refractivity contribution in [2.24, 2.45) is 0 Å². The zero-order valence-electron chi connectivity index (χ0n) is 12.6. The van der Waals surface area contributed by atoms with Crippen LogP contribution in [0.3, 0.4) is 0 Å². The second-order valence-corrected chi connectivity index (χ2v) is 6.95. The van der Waals surface area contributed by atoms with Crippen molar-refractivity contribution in [1.29, 1.82) is 0 Å². The zero-order chi connectivity index (χ0) is 16.0. The van der Waals surface area contributed by atoms with Crippen molar-refractivity contribution >= 4 is 10.0 Å². The molecule has 2 aromatic carbocycles. The van der Waals surface area contributed by atoms with Crippen molar-refractivity contribution in [1.82, 2.24) is 4.72 Å². The van der Waals surface area contributed by atoms with E-state index in [0.29, 0.717) is 5.56 Å². The van der Waals surface area contributed by atoms with E-state index in [-0.39, 0.29) is 12.4 Å². The number of rotatable bonds is 7. The van der Waals surface area contributed by atoms with Gasteiger partial charge in [0.2, 0.25) is 10.0 Å². The second kappa shape index (κ2) is 7.54. The molecule has 0 radical (unpaired) electrons. The third-order valence-electron chi connectivity index (χ3n) is 3.49. The van der Waals surface area contributed by atoms with E-state index >= 15 is 0 Å². The summed E-state index contributed by atoms with van der Waals surface area (Å²) in [5, 5.41) is 9.51. The molecule has 2 rings (SSSR count). The van der Waals surface area contributed by atoms with Crippen molar-refractivity contribution in [3.8, 4) is 0 Å². The molecule has 2 N–H and O–H groups in total. The predicted octanol–water partition coefficient (Wildman–Crippen LogP) is 2.40. The van der Waals surface area contributed by atoms with Crippen molar-refractivity contribution in [3.05, 3.63) is 71.3 Å². The average Bonchev–Trinajstić information content (AvgIpc) is 2.53. The summed E-state index contributed by atoms with van der Waals surface area (Å²) < 4.78 is 27.1. The van der Waals surface area contributed by atoms with E-state index in [1.165, 1.54) is 5.56 Å². The minimum atomic E-state index is -3.52. The lowest BCUT2D eigenvalue weighted by atomic mass is 10.1. The molecule has 1 atom stereocenters. The van der Waals surface area contributed by atoms with Gasteiger partial charge in [-0.2, -0.15) is 0 Å². The molecule has 0 saturated carbocycles. The molecule has 0 aliphatic heterocycles. The Bertz CT molecular complexity index is 682. The SMILES string of the molecule is CCc1ccc(C(CO)NS(=O)(=O)Cc2ccccc2)cc1. The summed E-state index contributed by atoms with van der Waals surface area (Å²) in [6.07, 6.45) is 0.920. The summed E-state index contributed by atoms with van der Waals surface area (Å²) in [6, 6.07) is 16.0. The third kappa shape index (κ3) is 4.66. The van der Waals surface area contributed by atoms with Gasteiger partial charge < -0.3 is 5.11 Å². The van der Waals surface area contributed by atoms with E-state index in [9.17, 15) is 13.5 Å². The van der Waals surface area contributed by atoms with E-state index in [1.54, 1.807) is 24.3 Å². The highest BCUT2D eigenvalue weighted by Gasteiger charge is 2.19. The smallest absolute Gasteiger partial charge is 0.216 e. The Morgan fingerprint density at radius 2 is 1.64 bits per heavy atom. The molecule has 2 aromatic rings. The van der Waals surface area contributed by atoms with Gasteiger partial charge in [0.1, 0.15) is 0 Å². The van der Waals surface area contributed by atoms with Gasteiger partial charge in [-0.15, -0.1) is 0 Å².